The Labute approximate surface area is 65.0 Å². The van der Waals surface area contributed by atoms with Crippen molar-refractivity contribution in [2.75, 3.05) is 6.61 Å². The van der Waals surface area contributed by atoms with E-state index in [2.05, 4.69) is 5.16 Å². The predicted octanol–water partition coefficient (Wildman–Crippen LogP) is 0.284. The number of aromatic nitrogens is 1. The number of nitrogens with zero attached hydrogens (tertiary/aromatic N) is 1. The van der Waals surface area contributed by atoms with Crippen molar-refractivity contribution in [1.82, 2.24) is 5.16 Å². The molecule has 1 aromatic rings. The van der Waals surface area contributed by atoms with Crippen LogP contribution in [0.25, 0.3) is 0 Å². The van der Waals surface area contributed by atoms with Crippen molar-refractivity contribution in [3.05, 3.63) is 17.0 Å². The lowest BCUT2D eigenvalue weighted by Gasteiger charge is -2.05. The van der Waals surface area contributed by atoms with E-state index in [0.717, 1.165) is 11.3 Å². The molecule has 0 aliphatic carbocycles. The highest BCUT2D eigenvalue weighted by atomic mass is 16.5. The summed E-state index contributed by atoms with van der Waals surface area (Å²) in [6.45, 7) is 3.51. The summed E-state index contributed by atoms with van der Waals surface area (Å²) >= 11 is 0. The third-order valence-electron chi connectivity index (χ3n) is 1.66. The number of aryl methyl sites for hydroxylation is 2. The summed E-state index contributed by atoms with van der Waals surface area (Å²) < 4.78 is 4.88. The van der Waals surface area contributed by atoms with Crippen LogP contribution in [0, 0.1) is 13.8 Å². The van der Waals surface area contributed by atoms with Gasteiger partial charge in [-0.25, -0.2) is 0 Å². The molecule has 4 nitrogen and oxygen atoms in total. The molecule has 0 amide bonds. The molecule has 11 heavy (non-hydrogen) atoms. The number of aliphatic hydroxyl groups is 1. The molecular formula is C7H12N2O2. The molecule has 62 valence electrons. The van der Waals surface area contributed by atoms with E-state index < -0.39 is 0 Å². The van der Waals surface area contributed by atoms with Gasteiger partial charge in [-0.2, -0.15) is 0 Å². The molecule has 0 aliphatic rings. The van der Waals surface area contributed by atoms with Crippen LogP contribution in [-0.2, 0) is 0 Å². The quantitative estimate of drug-likeness (QED) is 0.645. The topological polar surface area (TPSA) is 72.3 Å². The van der Waals surface area contributed by atoms with Crippen LogP contribution in [0.15, 0.2) is 4.52 Å². The molecule has 1 atom stereocenters. The van der Waals surface area contributed by atoms with Crippen LogP contribution < -0.4 is 5.73 Å². The molecule has 0 radical (unpaired) electrons. The molecule has 0 spiro atoms. The van der Waals surface area contributed by atoms with E-state index in [-0.39, 0.29) is 12.6 Å². The maximum Gasteiger partial charge on any atom is 0.138 e. The largest absolute Gasteiger partial charge is 0.394 e. The van der Waals surface area contributed by atoms with Gasteiger partial charge in [-0.05, 0) is 13.8 Å². The summed E-state index contributed by atoms with van der Waals surface area (Å²) in [5.41, 5.74) is 7.16. The van der Waals surface area contributed by atoms with E-state index in [9.17, 15) is 0 Å². The third-order valence-corrected chi connectivity index (χ3v) is 1.66. The summed E-state index contributed by atoms with van der Waals surface area (Å²) in [7, 11) is 0. The first kappa shape index (κ1) is 8.23. The Balaban J connectivity index is 3.00. The molecule has 0 saturated heterocycles. The average Bonchev–Trinajstić information content (AvgIpc) is 2.30. The molecule has 0 unspecified atom stereocenters. The second-order valence-electron chi connectivity index (χ2n) is 2.53. The Bertz CT molecular complexity index is 225. The van der Waals surface area contributed by atoms with Crippen LogP contribution in [0.2, 0.25) is 0 Å². The maximum absolute atomic E-state index is 8.76. The Morgan fingerprint density at radius 2 is 2.27 bits per heavy atom. The van der Waals surface area contributed by atoms with Crippen molar-refractivity contribution in [1.29, 1.82) is 0 Å². The average molecular weight is 156 g/mol. The zero-order valence-corrected chi connectivity index (χ0v) is 6.66. The molecule has 1 heterocycles. The van der Waals surface area contributed by atoms with Crippen molar-refractivity contribution < 1.29 is 9.63 Å². The first-order valence-electron chi connectivity index (χ1n) is 3.46. The molecule has 0 fully saturated rings. The van der Waals surface area contributed by atoms with Crippen LogP contribution in [0.3, 0.4) is 0 Å². The molecule has 0 aromatic carbocycles. The molecule has 1 rings (SSSR count). The fraction of sp³-hybridized carbons (Fsp3) is 0.571. The van der Waals surface area contributed by atoms with E-state index in [1.807, 2.05) is 0 Å². The SMILES string of the molecule is Cc1noc(C)c1[C@H](N)CO. The van der Waals surface area contributed by atoms with Crippen LogP contribution in [0.5, 0.6) is 0 Å². The molecule has 4 heteroatoms. The van der Waals surface area contributed by atoms with E-state index in [1.54, 1.807) is 13.8 Å². The summed E-state index contributed by atoms with van der Waals surface area (Å²) in [5.74, 6) is 0.684. The minimum absolute atomic E-state index is 0.0805. The van der Waals surface area contributed by atoms with Crippen molar-refractivity contribution >= 4 is 0 Å². The van der Waals surface area contributed by atoms with Crippen molar-refractivity contribution in [2.24, 2.45) is 5.73 Å². The van der Waals surface area contributed by atoms with Gasteiger partial charge in [0.2, 0.25) is 0 Å². The molecule has 0 saturated carbocycles. The Morgan fingerprint density at radius 3 is 2.64 bits per heavy atom. The van der Waals surface area contributed by atoms with E-state index in [4.69, 9.17) is 15.4 Å². The van der Waals surface area contributed by atoms with Gasteiger partial charge in [0, 0.05) is 5.56 Å². The van der Waals surface area contributed by atoms with Crippen LogP contribution in [0.4, 0.5) is 0 Å². The van der Waals surface area contributed by atoms with E-state index in [1.165, 1.54) is 0 Å². The zero-order valence-electron chi connectivity index (χ0n) is 6.66. The second kappa shape index (κ2) is 3.02. The Morgan fingerprint density at radius 1 is 1.64 bits per heavy atom. The van der Waals surface area contributed by atoms with Gasteiger partial charge in [0.1, 0.15) is 5.76 Å². The Kier molecular flexibility index (Phi) is 2.26. The number of nitrogens with two attached hydrogens (primary N) is 1. The van der Waals surface area contributed by atoms with E-state index >= 15 is 0 Å². The van der Waals surface area contributed by atoms with Gasteiger partial charge in [0.15, 0.2) is 0 Å². The van der Waals surface area contributed by atoms with Crippen LogP contribution in [0.1, 0.15) is 23.1 Å². The fourth-order valence-corrected chi connectivity index (χ4v) is 1.11. The summed E-state index contributed by atoms with van der Waals surface area (Å²) in [4.78, 5) is 0. The highest BCUT2D eigenvalue weighted by Crippen LogP contribution is 2.18. The minimum atomic E-state index is -0.374. The zero-order chi connectivity index (χ0) is 8.43. The molecule has 0 aliphatic heterocycles. The van der Waals surface area contributed by atoms with Crippen LogP contribution >= 0.6 is 0 Å². The minimum Gasteiger partial charge on any atom is -0.394 e. The predicted molar refractivity (Wildman–Crippen MR) is 40.0 cm³/mol. The summed E-state index contributed by atoms with van der Waals surface area (Å²) in [6.07, 6.45) is 0. The van der Waals surface area contributed by atoms with Gasteiger partial charge in [-0.1, -0.05) is 5.16 Å². The van der Waals surface area contributed by atoms with Crippen molar-refractivity contribution in [3.63, 3.8) is 0 Å². The highest BCUT2D eigenvalue weighted by molar-refractivity contribution is 5.24. The third kappa shape index (κ3) is 1.41. The first-order valence-corrected chi connectivity index (χ1v) is 3.46. The first-order chi connectivity index (χ1) is 5.16. The number of hydrogen-bond donors (Lipinski definition) is 2. The van der Waals surface area contributed by atoms with E-state index in [0.29, 0.717) is 5.76 Å². The molecule has 3 N–H and O–H groups in total. The lowest BCUT2D eigenvalue weighted by molar-refractivity contribution is 0.266. The van der Waals surface area contributed by atoms with Gasteiger partial charge in [0.05, 0.1) is 18.3 Å². The molecule has 1 aromatic heterocycles. The van der Waals surface area contributed by atoms with Gasteiger partial charge >= 0.3 is 0 Å². The lowest BCUT2D eigenvalue weighted by atomic mass is 10.1. The van der Waals surface area contributed by atoms with Crippen molar-refractivity contribution in [3.8, 4) is 0 Å². The second-order valence-corrected chi connectivity index (χ2v) is 2.53. The monoisotopic (exact) mass is 156 g/mol. The summed E-state index contributed by atoms with van der Waals surface area (Å²) in [5, 5.41) is 12.5. The van der Waals surface area contributed by atoms with Crippen LogP contribution in [-0.4, -0.2) is 16.9 Å². The number of aliphatic hydroxyl groups excluding tert-OH is 1. The molecule has 0 bridgehead atoms. The lowest BCUT2D eigenvalue weighted by Crippen LogP contribution is -2.15. The normalized spacial score (nSPS) is 13.5. The molecular weight excluding hydrogens is 144 g/mol. The number of rotatable bonds is 2. The standard InChI is InChI=1S/C7H12N2O2/c1-4-7(6(8)3-10)5(2)11-9-4/h6,10H,3,8H2,1-2H3/t6-/m1/s1. The fourth-order valence-electron chi connectivity index (χ4n) is 1.11. The summed E-state index contributed by atoms with van der Waals surface area (Å²) in [6, 6.07) is -0.374. The smallest absolute Gasteiger partial charge is 0.138 e. The van der Waals surface area contributed by atoms with Gasteiger partial charge in [-0.15, -0.1) is 0 Å². The van der Waals surface area contributed by atoms with Gasteiger partial charge in [-0.3, -0.25) is 0 Å². The highest BCUT2D eigenvalue weighted by Gasteiger charge is 2.15. The maximum atomic E-state index is 8.76. The van der Waals surface area contributed by atoms with Gasteiger partial charge < -0.3 is 15.4 Å². The Hall–Kier alpha value is -0.870. The van der Waals surface area contributed by atoms with Crippen molar-refractivity contribution in [2.45, 2.75) is 19.9 Å². The van der Waals surface area contributed by atoms with Gasteiger partial charge in [0.25, 0.3) is 0 Å². The number of hydrogen-bond acceptors (Lipinski definition) is 4.